The summed E-state index contributed by atoms with van der Waals surface area (Å²) in [5, 5.41) is 2.44. The van der Waals surface area contributed by atoms with Crippen LogP contribution in [0.15, 0.2) is 48.5 Å². The van der Waals surface area contributed by atoms with Crippen LogP contribution in [-0.2, 0) is 11.0 Å². The molecule has 0 spiro atoms. The van der Waals surface area contributed by atoms with Gasteiger partial charge in [-0.15, -0.1) is 0 Å². The lowest BCUT2D eigenvalue weighted by molar-refractivity contribution is -0.137. The van der Waals surface area contributed by atoms with E-state index in [0.29, 0.717) is 11.4 Å². The number of likely N-dealkylation sites (N-methyl/N-ethyl adjacent to an activating group) is 1. The Kier molecular flexibility index (Phi) is 4.58. The van der Waals surface area contributed by atoms with Crippen molar-refractivity contribution in [3.63, 3.8) is 0 Å². The Morgan fingerprint density at radius 2 is 1.88 bits per heavy atom. The lowest BCUT2D eigenvalue weighted by atomic mass is 10.1. The number of rotatable bonds is 2. The highest BCUT2D eigenvalue weighted by Crippen LogP contribution is 2.35. The number of alkyl halides is 3. The van der Waals surface area contributed by atoms with E-state index in [4.69, 9.17) is 4.74 Å². The number of carbonyl (C=O) groups excluding carboxylic acids is 2. The molecule has 2 amide bonds. The Hall–Kier alpha value is -3.03. The minimum absolute atomic E-state index is 0.105. The highest BCUT2D eigenvalue weighted by Gasteiger charge is 2.35. The predicted molar refractivity (Wildman–Crippen MR) is 88.0 cm³/mol. The summed E-state index contributed by atoms with van der Waals surface area (Å²) in [5.74, 6) is -0.755. The number of carbonyl (C=O) groups is 2. The van der Waals surface area contributed by atoms with Crippen LogP contribution >= 0.6 is 0 Å². The van der Waals surface area contributed by atoms with Crippen molar-refractivity contribution >= 4 is 17.5 Å². The maximum absolute atomic E-state index is 12.9. The summed E-state index contributed by atoms with van der Waals surface area (Å²) in [7, 11) is 1.44. The van der Waals surface area contributed by atoms with Gasteiger partial charge in [-0.2, -0.15) is 13.2 Å². The van der Waals surface area contributed by atoms with Gasteiger partial charge < -0.3 is 15.0 Å². The molecule has 0 fully saturated rings. The number of amides is 2. The van der Waals surface area contributed by atoms with E-state index in [2.05, 4.69) is 5.32 Å². The lowest BCUT2D eigenvalue weighted by Gasteiger charge is -2.34. The molecule has 0 unspecified atom stereocenters. The Morgan fingerprint density at radius 1 is 1.15 bits per heavy atom. The summed E-state index contributed by atoms with van der Waals surface area (Å²) in [6, 6.07) is 10.8. The number of nitrogens with zero attached hydrogens (tertiary/aromatic N) is 1. The molecule has 1 N–H and O–H groups in total. The van der Waals surface area contributed by atoms with Gasteiger partial charge in [-0.05, 0) is 30.3 Å². The molecule has 2 aromatic rings. The Balaban J connectivity index is 1.99. The summed E-state index contributed by atoms with van der Waals surface area (Å²) < 4.78 is 44.4. The first kappa shape index (κ1) is 17.8. The fourth-order valence-corrected chi connectivity index (χ4v) is 2.71. The summed E-state index contributed by atoms with van der Waals surface area (Å²) in [5.41, 5.74) is -0.630. The zero-order chi connectivity index (χ0) is 18.9. The van der Waals surface area contributed by atoms with Gasteiger partial charge >= 0.3 is 6.18 Å². The number of hydrogen-bond donors (Lipinski definition) is 1. The summed E-state index contributed by atoms with van der Waals surface area (Å²) in [6.07, 6.45) is -5.51. The Morgan fingerprint density at radius 3 is 2.58 bits per heavy atom. The number of anilines is 1. The van der Waals surface area contributed by atoms with Crippen LogP contribution in [0, 0.1) is 0 Å². The number of para-hydroxylation sites is 2. The van der Waals surface area contributed by atoms with Gasteiger partial charge in [-0.1, -0.05) is 18.2 Å². The summed E-state index contributed by atoms with van der Waals surface area (Å²) >= 11 is 0. The maximum atomic E-state index is 12.9. The van der Waals surface area contributed by atoms with E-state index in [0.717, 1.165) is 12.1 Å². The van der Waals surface area contributed by atoms with Crippen molar-refractivity contribution in [1.82, 2.24) is 5.32 Å². The van der Waals surface area contributed by atoms with Crippen molar-refractivity contribution in [3.05, 3.63) is 59.7 Å². The Labute approximate surface area is 147 Å². The van der Waals surface area contributed by atoms with E-state index in [9.17, 15) is 22.8 Å². The highest BCUT2D eigenvalue weighted by molar-refractivity contribution is 6.08. The smallest absolute Gasteiger partial charge is 0.416 e. The normalized spacial score (nSPS) is 16.5. The molecular formula is C18H15F3N2O3. The van der Waals surface area contributed by atoms with Gasteiger partial charge in [0.15, 0.2) is 6.10 Å². The monoisotopic (exact) mass is 364 g/mol. The predicted octanol–water partition coefficient (Wildman–Crippen LogP) is 2.86. The van der Waals surface area contributed by atoms with E-state index in [-0.39, 0.29) is 12.1 Å². The van der Waals surface area contributed by atoms with Crippen molar-refractivity contribution in [2.24, 2.45) is 0 Å². The van der Waals surface area contributed by atoms with Gasteiger partial charge in [0, 0.05) is 12.6 Å². The average molecular weight is 364 g/mol. The van der Waals surface area contributed by atoms with Crippen LogP contribution in [0.4, 0.5) is 18.9 Å². The van der Waals surface area contributed by atoms with Crippen molar-refractivity contribution in [2.45, 2.75) is 12.3 Å². The molecule has 0 aromatic heterocycles. The van der Waals surface area contributed by atoms with Gasteiger partial charge in [0.1, 0.15) is 5.75 Å². The molecule has 5 nitrogen and oxygen atoms in total. The second kappa shape index (κ2) is 6.70. The van der Waals surface area contributed by atoms with E-state index in [1.165, 1.54) is 24.1 Å². The molecule has 26 heavy (non-hydrogen) atoms. The zero-order valence-electron chi connectivity index (χ0n) is 13.7. The zero-order valence-corrected chi connectivity index (χ0v) is 13.7. The van der Waals surface area contributed by atoms with Gasteiger partial charge in [0.25, 0.3) is 11.8 Å². The van der Waals surface area contributed by atoms with Crippen molar-refractivity contribution < 1.29 is 27.5 Å². The SMILES string of the molecule is CNC(=O)[C@@H]1CN(C(=O)c2cccc(C(F)(F)F)c2)c2ccccc2O1. The maximum Gasteiger partial charge on any atom is 0.416 e. The molecule has 136 valence electrons. The molecule has 0 bridgehead atoms. The molecule has 2 aromatic carbocycles. The van der Waals surface area contributed by atoms with Gasteiger partial charge in [0.05, 0.1) is 17.8 Å². The van der Waals surface area contributed by atoms with Crippen LogP contribution in [0.25, 0.3) is 0 Å². The molecule has 1 atom stereocenters. The van der Waals surface area contributed by atoms with Crippen LogP contribution in [-0.4, -0.2) is 31.5 Å². The third-order valence-electron chi connectivity index (χ3n) is 3.99. The second-order valence-corrected chi connectivity index (χ2v) is 5.68. The molecule has 0 aliphatic carbocycles. The lowest BCUT2D eigenvalue weighted by Crippen LogP contribution is -2.50. The van der Waals surface area contributed by atoms with Crippen LogP contribution in [0.2, 0.25) is 0 Å². The topological polar surface area (TPSA) is 58.6 Å². The van der Waals surface area contributed by atoms with Crippen LogP contribution in [0.1, 0.15) is 15.9 Å². The van der Waals surface area contributed by atoms with E-state index in [1.807, 2.05) is 0 Å². The minimum Gasteiger partial charge on any atom is -0.477 e. The van der Waals surface area contributed by atoms with E-state index < -0.39 is 29.7 Å². The molecule has 0 saturated heterocycles. The number of ether oxygens (including phenoxy) is 1. The van der Waals surface area contributed by atoms with Gasteiger partial charge in [-0.25, -0.2) is 0 Å². The van der Waals surface area contributed by atoms with Crippen molar-refractivity contribution in [1.29, 1.82) is 0 Å². The number of fused-ring (bicyclic) bond motifs is 1. The first-order valence-corrected chi connectivity index (χ1v) is 7.77. The van der Waals surface area contributed by atoms with Gasteiger partial charge in [0.2, 0.25) is 0 Å². The molecule has 8 heteroatoms. The van der Waals surface area contributed by atoms with E-state index >= 15 is 0 Å². The quantitative estimate of drug-likeness (QED) is 0.892. The van der Waals surface area contributed by atoms with E-state index in [1.54, 1.807) is 24.3 Å². The van der Waals surface area contributed by atoms with Crippen LogP contribution in [0.3, 0.4) is 0 Å². The fraction of sp³-hybridized carbons (Fsp3) is 0.222. The van der Waals surface area contributed by atoms with Crippen LogP contribution in [0.5, 0.6) is 5.75 Å². The molecule has 1 aliphatic heterocycles. The average Bonchev–Trinajstić information content (AvgIpc) is 2.65. The third kappa shape index (κ3) is 3.35. The molecular weight excluding hydrogens is 349 g/mol. The first-order chi connectivity index (χ1) is 12.3. The first-order valence-electron chi connectivity index (χ1n) is 7.77. The molecule has 3 rings (SSSR count). The summed E-state index contributed by atoms with van der Waals surface area (Å²) in [6.45, 7) is -0.105. The molecule has 1 heterocycles. The summed E-state index contributed by atoms with van der Waals surface area (Å²) in [4.78, 5) is 26.1. The van der Waals surface area contributed by atoms with Crippen molar-refractivity contribution in [3.8, 4) is 5.75 Å². The third-order valence-corrected chi connectivity index (χ3v) is 3.99. The fourth-order valence-electron chi connectivity index (χ4n) is 2.71. The van der Waals surface area contributed by atoms with Crippen molar-refractivity contribution in [2.75, 3.05) is 18.5 Å². The number of benzene rings is 2. The largest absolute Gasteiger partial charge is 0.477 e. The molecule has 1 aliphatic rings. The minimum atomic E-state index is -4.55. The van der Waals surface area contributed by atoms with Gasteiger partial charge in [-0.3, -0.25) is 9.59 Å². The highest BCUT2D eigenvalue weighted by atomic mass is 19.4. The second-order valence-electron chi connectivity index (χ2n) is 5.68. The Bertz CT molecular complexity index is 852. The molecule has 0 saturated carbocycles. The molecule has 0 radical (unpaired) electrons. The number of hydrogen-bond acceptors (Lipinski definition) is 3. The standard InChI is InChI=1S/C18H15F3N2O3/c1-22-16(24)15-10-23(13-7-2-3-8-14(13)26-15)17(25)11-5-4-6-12(9-11)18(19,20)21/h2-9,15H,10H2,1H3,(H,22,24)/t15-/m0/s1. The van der Waals surface area contributed by atoms with Crippen LogP contribution < -0.4 is 15.0 Å². The number of nitrogens with one attached hydrogen (secondary N) is 1. The number of halogens is 3.